The van der Waals surface area contributed by atoms with Gasteiger partial charge in [0.15, 0.2) is 11.5 Å². The minimum atomic E-state index is -4.36. The van der Waals surface area contributed by atoms with Crippen LogP contribution in [0.15, 0.2) is 41.5 Å². The van der Waals surface area contributed by atoms with Crippen LogP contribution < -0.4 is 19.6 Å². The fourth-order valence-corrected chi connectivity index (χ4v) is 2.14. The smallest absolute Gasteiger partial charge is 0.416 e. The lowest BCUT2D eigenvalue weighted by atomic mass is 10.2. The Kier molecular flexibility index (Phi) is 4.20. The highest BCUT2D eigenvalue weighted by molar-refractivity contribution is 5.83. The minimum absolute atomic E-state index is 0.121. The molecule has 1 N–H and O–H groups in total. The van der Waals surface area contributed by atoms with E-state index in [2.05, 4.69) is 10.5 Å². The van der Waals surface area contributed by atoms with Crippen LogP contribution in [0.5, 0.6) is 17.2 Å². The first-order chi connectivity index (χ1) is 11.5. The number of hydrogen-bond donors (Lipinski definition) is 1. The van der Waals surface area contributed by atoms with Gasteiger partial charge in [0.2, 0.25) is 12.5 Å². The predicted molar refractivity (Wildman–Crippen MR) is 81.8 cm³/mol. The second kappa shape index (κ2) is 6.31. The fraction of sp³-hybridized carbons (Fsp3) is 0.188. The van der Waals surface area contributed by atoms with Crippen LogP contribution in [-0.4, -0.2) is 20.1 Å². The molecule has 8 heteroatoms. The normalized spacial score (nSPS) is 13.3. The van der Waals surface area contributed by atoms with E-state index >= 15 is 0 Å². The van der Waals surface area contributed by atoms with Gasteiger partial charge in [-0.05, 0) is 36.4 Å². The van der Waals surface area contributed by atoms with Crippen molar-refractivity contribution in [3.05, 3.63) is 47.5 Å². The minimum Gasteiger partial charge on any atom is -0.493 e. The van der Waals surface area contributed by atoms with Crippen LogP contribution >= 0.6 is 0 Å². The fourth-order valence-electron chi connectivity index (χ4n) is 2.14. The third-order valence-electron chi connectivity index (χ3n) is 3.30. The van der Waals surface area contributed by atoms with Gasteiger partial charge >= 0.3 is 6.18 Å². The van der Waals surface area contributed by atoms with Crippen LogP contribution in [0.3, 0.4) is 0 Å². The van der Waals surface area contributed by atoms with Gasteiger partial charge in [0.1, 0.15) is 0 Å². The maximum Gasteiger partial charge on any atom is 0.416 e. The number of rotatable bonds is 4. The number of halogens is 3. The number of hydrazone groups is 1. The van der Waals surface area contributed by atoms with Gasteiger partial charge in [-0.25, -0.2) is 0 Å². The molecule has 3 rings (SSSR count). The summed E-state index contributed by atoms with van der Waals surface area (Å²) >= 11 is 0. The van der Waals surface area contributed by atoms with E-state index in [-0.39, 0.29) is 6.79 Å². The van der Waals surface area contributed by atoms with Crippen molar-refractivity contribution < 1.29 is 27.4 Å². The summed E-state index contributed by atoms with van der Waals surface area (Å²) < 4.78 is 53.3. The number of nitrogens with zero attached hydrogens (tertiary/aromatic N) is 1. The van der Waals surface area contributed by atoms with Crippen LogP contribution in [0.1, 0.15) is 11.1 Å². The van der Waals surface area contributed by atoms with Crippen molar-refractivity contribution in [3.8, 4) is 17.2 Å². The molecule has 0 spiro atoms. The third kappa shape index (κ3) is 3.37. The molecule has 0 aliphatic carbocycles. The van der Waals surface area contributed by atoms with Crippen molar-refractivity contribution >= 4 is 11.9 Å². The molecular weight excluding hydrogens is 325 g/mol. The van der Waals surface area contributed by atoms with Crippen molar-refractivity contribution in [1.29, 1.82) is 0 Å². The van der Waals surface area contributed by atoms with Crippen molar-refractivity contribution in [2.24, 2.45) is 5.10 Å². The Morgan fingerprint density at radius 2 is 1.92 bits per heavy atom. The van der Waals surface area contributed by atoms with E-state index in [1.54, 1.807) is 12.1 Å². The molecule has 1 heterocycles. The molecule has 126 valence electrons. The number of fused-ring (bicyclic) bond motifs is 1. The van der Waals surface area contributed by atoms with Gasteiger partial charge < -0.3 is 14.2 Å². The van der Waals surface area contributed by atoms with Crippen LogP contribution in [0, 0.1) is 0 Å². The van der Waals surface area contributed by atoms with Gasteiger partial charge in [-0.2, -0.15) is 18.3 Å². The third-order valence-corrected chi connectivity index (χ3v) is 3.30. The summed E-state index contributed by atoms with van der Waals surface area (Å²) in [6.45, 7) is 0.121. The van der Waals surface area contributed by atoms with Gasteiger partial charge in [0.25, 0.3) is 0 Å². The molecule has 1 aliphatic rings. The topological polar surface area (TPSA) is 52.1 Å². The van der Waals surface area contributed by atoms with Gasteiger partial charge in [-0.3, -0.25) is 5.43 Å². The largest absolute Gasteiger partial charge is 0.493 e. The van der Waals surface area contributed by atoms with Crippen molar-refractivity contribution in [2.45, 2.75) is 6.18 Å². The van der Waals surface area contributed by atoms with Crippen molar-refractivity contribution in [3.63, 3.8) is 0 Å². The first kappa shape index (κ1) is 16.0. The van der Waals surface area contributed by atoms with E-state index in [9.17, 15) is 13.2 Å². The zero-order chi connectivity index (χ0) is 17.2. The molecule has 0 atom stereocenters. The lowest BCUT2D eigenvalue weighted by Gasteiger charge is -2.07. The number of alkyl halides is 3. The molecule has 0 unspecified atom stereocenters. The van der Waals surface area contributed by atoms with Gasteiger partial charge in [-0.1, -0.05) is 0 Å². The first-order valence-electron chi connectivity index (χ1n) is 6.91. The second-order valence-electron chi connectivity index (χ2n) is 4.90. The van der Waals surface area contributed by atoms with Crippen LogP contribution in [0.25, 0.3) is 0 Å². The Bertz CT molecular complexity index is 758. The lowest BCUT2D eigenvalue weighted by molar-refractivity contribution is -0.137. The molecule has 0 bridgehead atoms. The maximum atomic E-state index is 12.5. The van der Waals surface area contributed by atoms with E-state index in [0.717, 1.165) is 12.1 Å². The zero-order valence-corrected chi connectivity index (χ0v) is 12.6. The summed E-state index contributed by atoms with van der Waals surface area (Å²) in [6, 6.07) is 8.03. The van der Waals surface area contributed by atoms with Gasteiger partial charge in [0, 0.05) is 5.56 Å². The number of ether oxygens (including phenoxy) is 3. The van der Waals surface area contributed by atoms with E-state index in [1.807, 2.05) is 0 Å². The van der Waals surface area contributed by atoms with Crippen LogP contribution in [0.2, 0.25) is 0 Å². The summed E-state index contributed by atoms with van der Waals surface area (Å²) in [5, 5.41) is 4.00. The number of anilines is 1. The highest BCUT2D eigenvalue weighted by Crippen LogP contribution is 2.41. The predicted octanol–water partition coefficient (Wildman–Crippen LogP) is 3.89. The Morgan fingerprint density at radius 3 is 2.58 bits per heavy atom. The summed E-state index contributed by atoms with van der Waals surface area (Å²) in [7, 11) is 1.51. The monoisotopic (exact) mass is 338 g/mol. The van der Waals surface area contributed by atoms with Crippen molar-refractivity contribution in [2.75, 3.05) is 19.3 Å². The van der Waals surface area contributed by atoms with Crippen molar-refractivity contribution in [1.82, 2.24) is 0 Å². The zero-order valence-electron chi connectivity index (χ0n) is 12.6. The van der Waals surface area contributed by atoms with Crippen LogP contribution in [-0.2, 0) is 6.18 Å². The standard InChI is InChI=1S/C16H13F3N2O3/c1-22-13-6-10(7-14-15(13)24-9-23-14)8-20-21-12-4-2-11(3-5-12)16(17,18)19/h2-8,21H,9H2,1H3/b20-8+. The van der Waals surface area contributed by atoms with E-state index in [4.69, 9.17) is 14.2 Å². The molecule has 0 fully saturated rings. The molecule has 0 saturated heterocycles. The highest BCUT2D eigenvalue weighted by atomic mass is 19.4. The summed E-state index contributed by atoms with van der Waals surface area (Å²) in [5.74, 6) is 1.59. The molecule has 0 saturated carbocycles. The van der Waals surface area contributed by atoms with E-state index in [1.165, 1.54) is 25.5 Å². The number of hydrogen-bond acceptors (Lipinski definition) is 5. The molecule has 24 heavy (non-hydrogen) atoms. The SMILES string of the molecule is COc1cc(/C=N/Nc2ccc(C(F)(F)F)cc2)cc2c1OCO2. The molecule has 0 amide bonds. The number of benzene rings is 2. The molecule has 1 aliphatic heterocycles. The van der Waals surface area contributed by atoms with Gasteiger partial charge in [-0.15, -0.1) is 0 Å². The maximum absolute atomic E-state index is 12.5. The quantitative estimate of drug-likeness (QED) is 0.679. The summed E-state index contributed by atoms with van der Waals surface area (Å²) in [6.07, 6.45) is -2.85. The highest BCUT2D eigenvalue weighted by Gasteiger charge is 2.29. The molecule has 2 aromatic rings. The van der Waals surface area contributed by atoms with E-state index in [0.29, 0.717) is 28.5 Å². The Hall–Kier alpha value is -2.90. The first-order valence-corrected chi connectivity index (χ1v) is 6.91. The summed E-state index contributed by atoms with van der Waals surface area (Å²) in [4.78, 5) is 0. The van der Waals surface area contributed by atoms with E-state index < -0.39 is 11.7 Å². The molecule has 5 nitrogen and oxygen atoms in total. The Labute approximate surface area is 135 Å². The second-order valence-corrected chi connectivity index (χ2v) is 4.90. The number of methoxy groups -OCH3 is 1. The van der Waals surface area contributed by atoms with Crippen LogP contribution in [0.4, 0.5) is 18.9 Å². The molecule has 0 radical (unpaired) electrons. The van der Waals surface area contributed by atoms with Gasteiger partial charge in [0.05, 0.1) is 24.6 Å². The lowest BCUT2D eigenvalue weighted by Crippen LogP contribution is -2.04. The molecule has 2 aromatic carbocycles. The average molecular weight is 338 g/mol. The molecular formula is C16H13F3N2O3. The molecule has 0 aromatic heterocycles. The number of nitrogens with one attached hydrogen (secondary N) is 1. The Morgan fingerprint density at radius 1 is 1.17 bits per heavy atom. The Balaban J connectivity index is 1.71. The average Bonchev–Trinajstić information content (AvgIpc) is 3.02. The summed E-state index contributed by atoms with van der Waals surface area (Å²) in [5.41, 5.74) is 3.08.